The van der Waals surface area contributed by atoms with Crippen LogP contribution < -0.4 is 9.64 Å². The molecular weight excluding hydrogens is 374 g/mol. The fourth-order valence-electron chi connectivity index (χ4n) is 3.98. The topological polar surface area (TPSA) is 55.3 Å². The zero-order valence-electron chi connectivity index (χ0n) is 16.7. The molecule has 5 rings (SSSR count). The number of nitrogens with zero attached hydrogens (tertiary/aromatic N) is 3. The van der Waals surface area contributed by atoms with Crippen molar-refractivity contribution in [3.8, 4) is 17.0 Å². The van der Waals surface area contributed by atoms with Gasteiger partial charge in [0.15, 0.2) is 6.61 Å². The molecule has 1 aliphatic rings. The molecule has 0 bridgehead atoms. The normalized spacial score (nSPS) is 15.2. The van der Waals surface area contributed by atoms with Crippen LogP contribution in [0.4, 0.5) is 5.69 Å². The lowest BCUT2D eigenvalue weighted by atomic mass is 10.1. The molecule has 30 heavy (non-hydrogen) atoms. The summed E-state index contributed by atoms with van der Waals surface area (Å²) in [5.41, 5.74) is 5.69. The molecule has 1 amide bonds. The van der Waals surface area contributed by atoms with Crippen molar-refractivity contribution in [2.75, 3.05) is 11.5 Å². The van der Waals surface area contributed by atoms with Gasteiger partial charge in [-0.05, 0) is 61.4 Å². The van der Waals surface area contributed by atoms with Gasteiger partial charge in [0, 0.05) is 17.3 Å². The molecule has 148 valence electrons. The number of ether oxygens (including phenoxy) is 1. The van der Waals surface area contributed by atoms with Crippen molar-refractivity contribution in [3.63, 3.8) is 0 Å². The van der Waals surface area contributed by atoms with Gasteiger partial charge in [-0.2, -0.15) is 0 Å². The Kier molecular flexibility index (Phi) is 4.64. The van der Waals surface area contributed by atoms with Crippen molar-refractivity contribution in [1.29, 1.82) is 0 Å². The van der Waals surface area contributed by atoms with Crippen molar-refractivity contribution < 1.29 is 9.53 Å². The van der Waals surface area contributed by atoms with E-state index in [1.54, 1.807) is 6.20 Å². The molecule has 0 fully saturated rings. The molecule has 4 aromatic rings. The first-order chi connectivity index (χ1) is 14.7. The second-order valence-corrected chi connectivity index (χ2v) is 7.50. The van der Waals surface area contributed by atoms with Crippen molar-refractivity contribution in [3.05, 3.63) is 84.6 Å². The van der Waals surface area contributed by atoms with E-state index in [0.717, 1.165) is 34.4 Å². The monoisotopic (exact) mass is 395 g/mol. The third-order valence-electron chi connectivity index (χ3n) is 5.44. The number of amides is 1. The number of aromatic nitrogens is 2. The van der Waals surface area contributed by atoms with E-state index in [4.69, 9.17) is 4.74 Å². The van der Waals surface area contributed by atoms with Gasteiger partial charge < -0.3 is 9.64 Å². The van der Waals surface area contributed by atoms with Gasteiger partial charge in [-0.15, -0.1) is 0 Å². The molecular formula is C25H21N3O2. The molecule has 0 spiro atoms. The maximum absolute atomic E-state index is 12.8. The third kappa shape index (κ3) is 3.39. The van der Waals surface area contributed by atoms with Crippen molar-refractivity contribution in [2.45, 2.75) is 19.4 Å². The third-order valence-corrected chi connectivity index (χ3v) is 5.44. The van der Waals surface area contributed by atoms with Gasteiger partial charge in [0.2, 0.25) is 0 Å². The number of carbonyl (C=O) groups is 1. The fraction of sp³-hybridized carbons (Fsp3) is 0.160. The smallest absolute Gasteiger partial charge is 0.265 e. The highest BCUT2D eigenvalue weighted by Gasteiger charge is 2.30. The second kappa shape index (κ2) is 7.59. The fourth-order valence-corrected chi connectivity index (χ4v) is 3.98. The number of hydrogen-bond donors (Lipinski definition) is 0. The Labute approximate surface area is 175 Å². The minimum absolute atomic E-state index is 0.00774. The highest BCUT2D eigenvalue weighted by Crippen LogP contribution is 2.32. The van der Waals surface area contributed by atoms with Crippen LogP contribution in [0, 0.1) is 0 Å². The van der Waals surface area contributed by atoms with E-state index >= 15 is 0 Å². The molecule has 5 heteroatoms. The van der Waals surface area contributed by atoms with Crippen molar-refractivity contribution >= 4 is 22.6 Å². The first-order valence-electron chi connectivity index (χ1n) is 10.0. The van der Waals surface area contributed by atoms with E-state index in [2.05, 4.69) is 23.0 Å². The Morgan fingerprint density at radius 2 is 1.73 bits per heavy atom. The molecule has 1 atom stereocenters. The molecule has 2 heterocycles. The Morgan fingerprint density at radius 1 is 1.00 bits per heavy atom. The standard InChI is InChI=1S/C25H21N3O2/c1-17-14-19-6-2-5-9-24(19)28(17)25(29)16-30-20-12-10-18(11-13-20)23-15-26-21-7-3-4-8-22(21)27-23/h2-13,15,17H,14,16H2,1H3. The average molecular weight is 395 g/mol. The molecule has 1 aliphatic heterocycles. The predicted molar refractivity (Wildman–Crippen MR) is 118 cm³/mol. The van der Waals surface area contributed by atoms with Crippen LogP contribution in [-0.4, -0.2) is 28.5 Å². The highest BCUT2D eigenvalue weighted by atomic mass is 16.5. The van der Waals surface area contributed by atoms with Gasteiger partial charge in [-0.1, -0.05) is 30.3 Å². The van der Waals surface area contributed by atoms with Crippen molar-refractivity contribution in [2.24, 2.45) is 0 Å². The number of benzene rings is 3. The predicted octanol–water partition coefficient (Wildman–Crippen LogP) is 4.65. The first kappa shape index (κ1) is 18.3. The Balaban J connectivity index is 1.28. The van der Waals surface area contributed by atoms with Crippen LogP contribution in [0.2, 0.25) is 0 Å². The lowest BCUT2D eigenvalue weighted by Gasteiger charge is -2.22. The average Bonchev–Trinajstić information content (AvgIpc) is 3.13. The molecule has 3 aromatic carbocycles. The summed E-state index contributed by atoms with van der Waals surface area (Å²) in [7, 11) is 0. The summed E-state index contributed by atoms with van der Waals surface area (Å²) in [6.07, 6.45) is 2.65. The maximum Gasteiger partial charge on any atom is 0.265 e. The summed E-state index contributed by atoms with van der Waals surface area (Å²) >= 11 is 0. The van der Waals surface area contributed by atoms with Crippen molar-refractivity contribution in [1.82, 2.24) is 9.97 Å². The number of fused-ring (bicyclic) bond motifs is 2. The van der Waals surface area contributed by atoms with Gasteiger partial charge in [0.1, 0.15) is 5.75 Å². The van der Waals surface area contributed by atoms with Crippen LogP contribution in [0.5, 0.6) is 5.75 Å². The van der Waals surface area contributed by atoms with Gasteiger partial charge >= 0.3 is 0 Å². The molecule has 5 nitrogen and oxygen atoms in total. The lowest BCUT2D eigenvalue weighted by Crippen LogP contribution is -2.39. The molecule has 0 saturated carbocycles. The minimum atomic E-state index is -0.0306. The molecule has 0 aliphatic carbocycles. The van der Waals surface area contributed by atoms with Gasteiger partial charge in [-0.25, -0.2) is 4.98 Å². The Bertz CT molecular complexity index is 1220. The summed E-state index contributed by atoms with van der Waals surface area (Å²) in [5, 5.41) is 0. The summed E-state index contributed by atoms with van der Waals surface area (Å²) < 4.78 is 5.78. The van der Waals surface area contributed by atoms with Gasteiger partial charge in [0.25, 0.3) is 5.91 Å². The van der Waals surface area contributed by atoms with E-state index in [1.165, 1.54) is 5.56 Å². The number of rotatable bonds is 4. The largest absolute Gasteiger partial charge is 0.484 e. The number of para-hydroxylation sites is 3. The van der Waals surface area contributed by atoms with E-state index in [9.17, 15) is 4.79 Å². The van der Waals surface area contributed by atoms with Crippen LogP contribution in [-0.2, 0) is 11.2 Å². The van der Waals surface area contributed by atoms with Crippen LogP contribution in [0.25, 0.3) is 22.3 Å². The summed E-state index contributed by atoms with van der Waals surface area (Å²) in [6, 6.07) is 23.6. The van der Waals surface area contributed by atoms with E-state index < -0.39 is 0 Å². The molecule has 0 saturated heterocycles. The Hall–Kier alpha value is -3.73. The van der Waals surface area contributed by atoms with Crippen LogP contribution in [0.15, 0.2) is 79.0 Å². The second-order valence-electron chi connectivity index (χ2n) is 7.50. The van der Waals surface area contributed by atoms with Crippen LogP contribution in [0.3, 0.4) is 0 Å². The van der Waals surface area contributed by atoms with Gasteiger partial charge in [0.05, 0.1) is 22.9 Å². The summed E-state index contributed by atoms with van der Waals surface area (Å²) in [4.78, 5) is 23.8. The number of hydrogen-bond acceptors (Lipinski definition) is 4. The van der Waals surface area contributed by atoms with E-state index in [0.29, 0.717) is 5.75 Å². The minimum Gasteiger partial charge on any atom is -0.484 e. The lowest BCUT2D eigenvalue weighted by molar-refractivity contribution is -0.120. The van der Waals surface area contributed by atoms with E-state index in [-0.39, 0.29) is 18.6 Å². The number of carbonyl (C=O) groups excluding carboxylic acids is 1. The summed E-state index contributed by atoms with van der Waals surface area (Å²) in [5.74, 6) is 0.623. The SMILES string of the molecule is CC1Cc2ccccc2N1C(=O)COc1ccc(-c2cnc3ccccc3n2)cc1. The van der Waals surface area contributed by atoms with E-state index in [1.807, 2.05) is 71.6 Å². The summed E-state index contributed by atoms with van der Waals surface area (Å²) in [6.45, 7) is 2.07. The molecule has 0 radical (unpaired) electrons. The van der Waals surface area contributed by atoms with Gasteiger partial charge in [-0.3, -0.25) is 9.78 Å². The first-order valence-corrected chi connectivity index (χ1v) is 10.0. The number of anilines is 1. The zero-order chi connectivity index (χ0) is 20.5. The Morgan fingerprint density at radius 3 is 2.57 bits per heavy atom. The van der Waals surface area contributed by atoms with Crippen LogP contribution >= 0.6 is 0 Å². The van der Waals surface area contributed by atoms with Crippen LogP contribution in [0.1, 0.15) is 12.5 Å². The zero-order valence-corrected chi connectivity index (χ0v) is 16.7. The quantitative estimate of drug-likeness (QED) is 0.505. The molecule has 0 N–H and O–H groups in total. The molecule has 1 aromatic heterocycles. The maximum atomic E-state index is 12.8. The highest BCUT2D eigenvalue weighted by molar-refractivity contribution is 5.97. The molecule has 1 unspecified atom stereocenters.